The van der Waals surface area contributed by atoms with Crippen molar-refractivity contribution in [3.8, 4) is 11.5 Å². The number of nitrogens with one attached hydrogen (secondary N) is 1. The maximum atomic E-state index is 12.0. The van der Waals surface area contributed by atoms with E-state index in [1.165, 1.54) is 0 Å². The number of carbonyl (C=O) groups is 1. The van der Waals surface area contributed by atoms with Crippen molar-refractivity contribution in [1.29, 1.82) is 0 Å². The number of hydrogen-bond donors (Lipinski definition) is 1. The fourth-order valence-electron chi connectivity index (χ4n) is 2.30. The van der Waals surface area contributed by atoms with Crippen LogP contribution in [0.1, 0.15) is 15.9 Å². The third-order valence-electron chi connectivity index (χ3n) is 3.39. The molecule has 0 atom stereocenters. The Morgan fingerprint density at radius 3 is 2.73 bits per heavy atom. The van der Waals surface area contributed by atoms with Gasteiger partial charge in [-0.2, -0.15) is 0 Å². The Labute approximate surface area is 134 Å². The van der Waals surface area contributed by atoms with E-state index >= 15 is 0 Å². The minimum atomic E-state index is -0.125. The minimum absolute atomic E-state index is 0.125. The van der Waals surface area contributed by atoms with Crippen molar-refractivity contribution in [2.45, 2.75) is 6.42 Å². The van der Waals surface area contributed by atoms with E-state index in [1.54, 1.807) is 24.3 Å². The summed E-state index contributed by atoms with van der Waals surface area (Å²) in [5.74, 6) is 1.42. The summed E-state index contributed by atoms with van der Waals surface area (Å²) in [6.07, 6.45) is 0.725. The topological polar surface area (TPSA) is 47.6 Å². The normalized spacial score (nSPS) is 12.8. The average Bonchev–Trinajstić information content (AvgIpc) is 2.54. The fourth-order valence-corrected chi connectivity index (χ4v) is 2.49. The molecule has 3 rings (SSSR count). The van der Waals surface area contributed by atoms with E-state index in [1.807, 2.05) is 18.2 Å². The lowest BCUT2D eigenvalue weighted by Crippen LogP contribution is -2.25. The van der Waals surface area contributed by atoms with Gasteiger partial charge in [0.15, 0.2) is 11.5 Å². The number of carbonyl (C=O) groups excluding carboxylic acids is 1. The zero-order valence-corrected chi connectivity index (χ0v) is 12.7. The van der Waals surface area contributed by atoms with Gasteiger partial charge in [0.25, 0.3) is 5.91 Å². The Hall–Kier alpha value is -2.20. The van der Waals surface area contributed by atoms with Crippen LogP contribution in [0.2, 0.25) is 5.02 Å². The molecule has 1 aliphatic rings. The molecular weight excluding hydrogens is 302 g/mol. The summed E-state index contributed by atoms with van der Waals surface area (Å²) >= 11 is 5.88. The first-order chi connectivity index (χ1) is 10.7. The molecule has 1 N–H and O–H groups in total. The summed E-state index contributed by atoms with van der Waals surface area (Å²) in [6, 6.07) is 12.7. The van der Waals surface area contributed by atoms with Gasteiger partial charge in [-0.25, -0.2) is 0 Å². The molecular formula is C17H16ClNO3. The Balaban J connectivity index is 1.56. The Morgan fingerprint density at radius 1 is 1.09 bits per heavy atom. The van der Waals surface area contributed by atoms with Crippen molar-refractivity contribution in [3.05, 3.63) is 58.6 Å². The van der Waals surface area contributed by atoms with Gasteiger partial charge in [0.2, 0.25) is 0 Å². The van der Waals surface area contributed by atoms with Gasteiger partial charge >= 0.3 is 0 Å². The number of ether oxygens (including phenoxy) is 2. The summed E-state index contributed by atoms with van der Waals surface area (Å²) in [6.45, 7) is 1.70. The predicted molar refractivity (Wildman–Crippen MR) is 84.9 cm³/mol. The summed E-state index contributed by atoms with van der Waals surface area (Å²) in [5.41, 5.74) is 1.66. The lowest BCUT2D eigenvalue weighted by Gasteiger charge is -2.18. The molecule has 0 saturated heterocycles. The molecule has 2 aromatic rings. The highest BCUT2D eigenvalue weighted by atomic mass is 35.5. The van der Waals surface area contributed by atoms with Crippen molar-refractivity contribution >= 4 is 17.5 Å². The smallest absolute Gasteiger partial charge is 0.251 e. The van der Waals surface area contributed by atoms with Crippen molar-refractivity contribution < 1.29 is 14.3 Å². The van der Waals surface area contributed by atoms with Crippen molar-refractivity contribution in [3.63, 3.8) is 0 Å². The maximum absolute atomic E-state index is 12.0. The van der Waals surface area contributed by atoms with E-state index in [0.29, 0.717) is 30.3 Å². The van der Waals surface area contributed by atoms with Crippen LogP contribution in [0.4, 0.5) is 0 Å². The van der Waals surface area contributed by atoms with Gasteiger partial charge in [0.05, 0.1) is 0 Å². The van der Waals surface area contributed by atoms with Crippen LogP contribution in [0.5, 0.6) is 11.5 Å². The number of hydrogen-bond acceptors (Lipinski definition) is 3. The minimum Gasteiger partial charge on any atom is -0.486 e. The van der Waals surface area contributed by atoms with Gasteiger partial charge in [-0.3, -0.25) is 4.79 Å². The Morgan fingerprint density at radius 2 is 1.91 bits per heavy atom. The number of fused-ring (bicyclic) bond motifs is 1. The van der Waals surface area contributed by atoms with Gasteiger partial charge in [0.1, 0.15) is 13.2 Å². The molecule has 4 nitrogen and oxygen atoms in total. The first kappa shape index (κ1) is 14.7. The SMILES string of the molecule is O=C(NCCc1ccc2c(c1)OCCO2)c1cccc(Cl)c1. The van der Waals surface area contributed by atoms with E-state index in [-0.39, 0.29) is 5.91 Å². The van der Waals surface area contributed by atoms with E-state index in [2.05, 4.69) is 5.32 Å². The molecule has 114 valence electrons. The molecule has 0 fully saturated rings. The highest BCUT2D eigenvalue weighted by molar-refractivity contribution is 6.30. The zero-order valence-electron chi connectivity index (χ0n) is 12.0. The highest BCUT2D eigenvalue weighted by Crippen LogP contribution is 2.30. The molecule has 0 aromatic heterocycles. The van der Waals surface area contributed by atoms with Gasteiger partial charge in [-0.1, -0.05) is 23.7 Å². The monoisotopic (exact) mass is 317 g/mol. The number of amides is 1. The van der Waals surface area contributed by atoms with Crippen LogP contribution in [0, 0.1) is 0 Å². The summed E-state index contributed by atoms with van der Waals surface area (Å²) in [5, 5.41) is 3.44. The second-order valence-electron chi connectivity index (χ2n) is 4.99. The number of rotatable bonds is 4. The van der Waals surface area contributed by atoms with Crippen LogP contribution in [0.3, 0.4) is 0 Å². The molecule has 0 spiro atoms. The van der Waals surface area contributed by atoms with Crippen LogP contribution in [-0.2, 0) is 6.42 Å². The first-order valence-corrected chi connectivity index (χ1v) is 7.52. The summed E-state index contributed by atoms with van der Waals surface area (Å²) < 4.78 is 11.0. The van der Waals surface area contributed by atoms with E-state index in [4.69, 9.17) is 21.1 Å². The van der Waals surface area contributed by atoms with Gasteiger partial charge in [-0.15, -0.1) is 0 Å². The second-order valence-corrected chi connectivity index (χ2v) is 5.43. The summed E-state index contributed by atoms with van der Waals surface area (Å²) in [7, 11) is 0. The molecule has 1 aliphatic heterocycles. The highest BCUT2D eigenvalue weighted by Gasteiger charge is 2.12. The lowest BCUT2D eigenvalue weighted by atomic mass is 10.1. The molecule has 0 bridgehead atoms. The summed E-state index contributed by atoms with van der Waals surface area (Å²) in [4.78, 5) is 12.0. The van der Waals surface area contributed by atoms with Crippen LogP contribution in [-0.4, -0.2) is 25.7 Å². The van der Waals surface area contributed by atoms with Crippen molar-refractivity contribution in [2.75, 3.05) is 19.8 Å². The van der Waals surface area contributed by atoms with Crippen molar-refractivity contribution in [1.82, 2.24) is 5.32 Å². The predicted octanol–water partition coefficient (Wildman–Crippen LogP) is 3.08. The third kappa shape index (κ3) is 3.52. The molecule has 0 saturated carbocycles. The Kier molecular flexibility index (Phi) is 4.49. The molecule has 0 unspecified atom stereocenters. The van der Waals surface area contributed by atoms with E-state index in [9.17, 15) is 4.79 Å². The fraction of sp³-hybridized carbons (Fsp3) is 0.235. The number of benzene rings is 2. The molecule has 0 radical (unpaired) electrons. The van der Waals surface area contributed by atoms with E-state index < -0.39 is 0 Å². The van der Waals surface area contributed by atoms with Gasteiger partial charge in [0, 0.05) is 17.1 Å². The quantitative estimate of drug-likeness (QED) is 0.942. The van der Waals surface area contributed by atoms with E-state index in [0.717, 1.165) is 23.5 Å². The molecule has 0 aliphatic carbocycles. The van der Waals surface area contributed by atoms with Crippen molar-refractivity contribution in [2.24, 2.45) is 0 Å². The molecule has 1 heterocycles. The lowest BCUT2D eigenvalue weighted by molar-refractivity contribution is 0.0954. The van der Waals surface area contributed by atoms with Crippen LogP contribution < -0.4 is 14.8 Å². The third-order valence-corrected chi connectivity index (χ3v) is 3.63. The van der Waals surface area contributed by atoms with Gasteiger partial charge in [-0.05, 0) is 42.3 Å². The van der Waals surface area contributed by atoms with Crippen LogP contribution >= 0.6 is 11.6 Å². The molecule has 5 heteroatoms. The number of halogens is 1. The zero-order chi connectivity index (χ0) is 15.4. The molecule has 22 heavy (non-hydrogen) atoms. The van der Waals surface area contributed by atoms with Gasteiger partial charge < -0.3 is 14.8 Å². The molecule has 1 amide bonds. The maximum Gasteiger partial charge on any atom is 0.251 e. The largest absolute Gasteiger partial charge is 0.486 e. The Bertz CT molecular complexity index is 687. The average molecular weight is 318 g/mol. The van der Waals surface area contributed by atoms with Crippen LogP contribution in [0.15, 0.2) is 42.5 Å². The molecule has 2 aromatic carbocycles. The second kappa shape index (κ2) is 6.71. The first-order valence-electron chi connectivity index (χ1n) is 7.15. The van der Waals surface area contributed by atoms with Crippen LogP contribution in [0.25, 0.3) is 0 Å². The standard InChI is InChI=1S/C17H16ClNO3/c18-14-3-1-2-13(11-14)17(20)19-7-6-12-4-5-15-16(10-12)22-9-8-21-15/h1-5,10-11H,6-9H2,(H,19,20).